The van der Waals surface area contributed by atoms with Crippen LogP contribution in [0.3, 0.4) is 0 Å². The van der Waals surface area contributed by atoms with Gasteiger partial charge in [0.2, 0.25) is 0 Å². The Morgan fingerprint density at radius 1 is 1.36 bits per heavy atom. The third-order valence-electron chi connectivity index (χ3n) is 1.68. The first-order valence-electron chi connectivity index (χ1n) is 4.81. The van der Waals surface area contributed by atoms with Gasteiger partial charge in [-0.3, -0.25) is 0 Å². The maximum absolute atomic E-state index is 11.7. The van der Waals surface area contributed by atoms with Gasteiger partial charge in [0.1, 0.15) is 0 Å². The molecule has 0 aromatic heterocycles. The SMILES string of the molecule is CCNCC(C)COCCC(F)(F)F. The number of rotatable bonds is 7. The first-order valence-corrected chi connectivity index (χ1v) is 4.81. The van der Waals surface area contributed by atoms with Gasteiger partial charge in [-0.25, -0.2) is 0 Å². The number of alkyl halides is 3. The minimum atomic E-state index is -4.11. The van der Waals surface area contributed by atoms with E-state index in [4.69, 9.17) is 4.74 Å². The lowest BCUT2D eigenvalue weighted by Crippen LogP contribution is -2.24. The third-order valence-corrected chi connectivity index (χ3v) is 1.68. The van der Waals surface area contributed by atoms with E-state index in [0.29, 0.717) is 6.61 Å². The van der Waals surface area contributed by atoms with E-state index in [2.05, 4.69) is 5.32 Å². The molecule has 0 aliphatic heterocycles. The molecule has 0 saturated heterocycles. The van der Waals surface area contributed by atoms with Crippen molar-refractivity contribution in [2.75, 3.05) is 26.3 Å². The molecule has 0 saturated carbocycles. The Labute approximate surface area is 82.8 Å². The van der Waals surface area contributed by atoms with Crippen LogP contribution in [0.4, 0.5) is 13.2 Å². The van der Waals surface area contributed by atoms with Crippen molar-refractivity contribution in [2.45, 2.75) is 26.4 Å². The smallest absolute Gasteiger partial charge is 0.381 e. The second-order valence-electron chi connectivity index (χ2n) is 3.35. The number of ether oxygens (including phenoxy) is 1. The van der Waals surface area contributed by atoms with Crippen molar-refractivity contribution >= 4 is 0 Å². The monoisotopic (exact) mass is 213 g/mol. The van der Waals surface area contributed by atoms with Crippen molar-refractivity contribution in [1.29, 1.82) is 0 Å². The fourth-order valence-corrected chi connectivity index (χ4v) is 0.922. The van der Waals surface area contributed by atoms with Crippen LogP contribution in [0.5, 0.6) is 0 Å². The first-order chi connectivity index (χ1) is 6.45. The molecule has 1 atom stereocenters. The van der Waals surface area contributed by atoms with Crippen molar-refractivity contribution in [1.82, 2.24) is 5.32 Å². The molecule has 1 N–H and O–H groups in total. The molecule has 5 heteroatoms. The van der Waals surface area contributed by atoms with Gasteiger partial charge in [-0.1, -0.05) is 13.8 Å². The zero-order valence-corrected chi connectivity index (χ0v) is 8.66. The Morgan fingerprint density at radius 3 is 2.50 bits per heavy atom. The molecular formula is C9H18F3NO. The van der Waals surface area contributed by atoms with Crippen LogP contribution in [0, 0.1) is 5.92 Å². The molecule has 0 aromatic rings. The Hall–Kier alpha value is -0.290. The predicted octanol–water partition coefficient (Wildman–Crippen LogP) is 2.20. The van der Waals surface area contributed by atoms with Crippen molar-refractivity contribution in [3.63, 3.8) is 0 Å². The summed E-state index contributed by atoms with van der Waals surface area (Å²) >= 11 is 0. The predicted molar refractivity (Wildman–Crippen MR) is 49.2 cm³/mol. The second-order valence-corrected chi connectivity index (χ2v) is 3.35. The molecule has 2 nitrogen and oxygen atoms in total. The lowest BCUT2D eigenvalue weighted by molar-refractivity contribution is -0.145. The molecule has 0 spiro atoms. The van der Waals surface area contributed by atoms with Crippen LogP contribution in [-0.2, 0) is 4.74 Å². The van der Waals surface area contributed by atoms with Crippen LogP contribution in [0.1, 0.15) is 20.3 Å². The number of hydrogen-bond donors (Lipinski definition) is 1. The minimum Gasteiger partial charge on any atom is -0.381 e. The molecule has 0 heterocycles. The van der Waals surface area contributed by atoms with E-state index < -0.39 is 12.6 Å². The summed E-state index contributed by atoms with van der Waals surface area (Å²) in [5, 5.41) is 3.10. The molecule has 0 radical (unpaired) electrons. The van der Waals surface area contributed by atoms with Crippen molar-refractivity contribution in [2.24, 2.45) is 5.92 Å². The zero-order chi connectivity index (χ0) is 11.0. The molecule has 0 aliphatic carbocycles. The Morgan fingerprint density at radius 2 is 2.00 bits per heavy atom. The Kier molecular flexibility index (Phi) is 6.92. The van der Waals surface area contributed by atoms with E-state index in [1.807, 2.05) is 13.8 Å². The molecule has 86 valence electrons. The lowest BCUT2D eigenvalue weighted by atomic mass is 10.2. The summed E-state index contributed by atoms with van der Waals surface area (Å²) in [6.45, 7) is 5.71. The van der Waals surface area contributed by atoms with E-state index in [1.54, 1.807) is 0 Å². The number of nitrogens with one attached hydrogen (secondary N) is 1. The zero-order valence-electron chi connectivity index (χ0n) is 8.66. The average Bonchev–Trinajstić information content (AvgIpc) is 2.07. The third kappa shape index (κ3) is 9.80. The van der Waals surface area contributed by atoms with Crippen LogP contribution in [0.2, 0.25) is 0 Å². The van der Waals surface area contributed by atoms with Crippen molar-refractivity contribution < 1.29 is 17.9 Å². The Balaban J connectivity index is 3.27. The summed E-state index contributed by atoms with van der Waals surface area (Å²) in [5.74, 6) is 0.253. The Bertz CT molecular complexity index is 139. The molecule has 0 aromatic carbocycles. The topological polar surface area (TPSA) is 21.3 Å². The summed E-state index contributed by atoms with van der Waals surface area (Å²) in [6.07, 6.45) is -4.97. The normalized spacial score (nSPS) is 14.4. The average molecular weight is 213 g/mol. The van der Waals surface area contributed by atoms with Gasteiger partial charge < -0.3 is 10.1 Å². The molecule has 0 amide bonds. The highest BCUT2D eigenvalue weighted by Crippen LogP contribution is 2.19. The van der Waals surface area contributed by atoms with Crippen molar-refractivity contribution in [3.05, 3.63) is 0 Å². The van der Waals surface area contributed by atoms with E-state index >= 15 is 0 Å². The van der Waals surface area contributed by atoms with E-state index in [9.17, 15) is 13.2 Å². The largest absolute Gasteiger partial charge is 0.391 e. The van der Waals surface area contributed by atoms with Gasteiger partial charge in [0.15, 0.2) is 0 Å². The molecule has 0 aliphatic rings. The highest BCUT2D eigenvalue weighted by molar-refractivity contribution is 4.55. The summed E-state index contributed by atoms with van der Waals surface area (Å²) in [5.41, 5.74) is 0. The molecule has 0 fully saturated rings. The maximum Gasteiger partial charge on any atom is 0.391 e. The first kappa shape index (κ1) is 13.7. The van der Waals surface area contributed by atoms with Crippen LogP contribution in [-0.4, -0.2) is 32.5 Å². The van der Waals surface area contributed by atoms with Gasteiger partial charge >= 0.3 is 6.18 Å². The van der Waals surface area contributed by atoms with Crippen molar-refractivity contribution in [3.8, 4) is 0 Å². The quantitative estimate of drug-likeness (QED) is 0.655. The molecule has 14 heavy (non-hydrogen) atoms. The fourth-order valence-electron chi connectivity index (χ4n) is 0.922. The summed E-state index contributed by atoms with van der Waals surface area (Å²) in [4.78, 5) is 0. The van der Waals surface area contributed by atoms with Gasteiger partial charge in [-0.15, -0.1) is 0 Å². The van der Waals surface area contributed by atoms with Gasteiger partial charge in [0.25, 0.3) is 0 Å². The highest BCUT2D eigenvalue weighted by Gasteiger charge is 2.26. The van der Waals surface area contributed by atoms with E-state index in [-0.39, 0.29) is 12.5 Å². The van der Waals surface area contributed by atoms with Crippen LogP contribution in [0.15, 0.2) is 0 Å². The standard InChI is InChI=1S/C9H18F3NO/c1-3-13-6-8(2)7-14-5-4-9(10,11)12/h8,13H,3-7H2,1-2H3. The minimum absolute atomic E-state index is 0.236. The maximum atomic E-state index is 11.7. The highest BCUT2D eigenvalue weighted by atomic mass is 19.4. The fraction of sp³-hybridized carbons (Fsp3) is 1.00. The molecule has 0 bridgehead atoms. The van der Waals surface area contributed by atoms with Gasteiger partial charge in [-0.2, -0.15) is 13.2 Å². The van der Waals surface area contributed by atoms with Crippen LogP contribution in [0.25, 0.3) is 0 Å². The van der Waals surface area contributed by atoms with E-state index in [0.717, 1.165) is 13.1 Å². The van der Waals surface area contributed by atoms with Gasteiger partial charge in [-0.05, 0) is 19.0 Å². The number of hydrogen-bond acceptors (Lipinski definition) is 2. The van der Waals surface area contributed by atoms with Gasteiger partial charge in [0.05, 0.1) is 19.6 Å². The molecule has 0 rings (SSSR count). The van der Waals surface area contributed by atoms with Crippen LogP contribution < -0.4 is 5.32 Å². The lowest BCUT2D eigenvalue weighted by Gasteiger charge is -2.12. The van der Waals surface area contributed by atoms with Gasteiger partial charge in [0, 0.05) is 0 Å². The molecular weight excluding hydrogens is 195 g/mol. The van der Waals surface area contributed by atoms with Crippen LogP contribution >= 0.6 is 0 Å². The summed E-state index contributed by atoms with van der Waals surface area (Å²) < 4.78 is 40.0. The molecule has 1 unspecified atom stereocenters. The number of halogens is 3. The summed E-state index contributed by atoms with van der Waals surface area (Å²) in [7, 11) is 0. The van der Waals surface area contributed by atoms with E-state index in [1.165, 1.54) is 0 Å². The summed E-state index contributed by atoms with van der Waals surface area (Å²) in [6, 6.07) is 0. The second kappa shape index (κ2) is 7.06.